The summed E-state index contributed by atoms with van der Waals surface area (Å²) in [6, 6.07) is 18.5. The summed E-state index contributed by atoms with van der Waals surface area (Å²) in [6.45, 7) is 5.20. The van der Waals surface area contributed by atoms with E-state index in [0.717, 1.165) is 25.1 Å². The molecule has 0 radical (unpaired) electrons. The lowest BCUT2D eigenvalue weighted by atomic mass is 10.1. The normalized spacial score (nSPS) is 14.3. The molecule has 1 N–H and O–H groups in total. The van der Waals surface area contributed by atoms with Crippen LogP contribution < -0.4 is 10.2 Å². The van der Waals surface area contributed by atoms with Gasteiger partial charge in [0, 0.05) is 38.8 Å². The van der Waals surface area contributed by atoms with Crippen LogP contribution in [-0.2, 0) is 17.8 Å². The summed E-state index contributed by atoms with van der Waals surface area (Å²) in [5.41, 5.74) is 3.62. The van der Waals surface area contributed by atoms with E-state index in [9.17, 15) is 4.79 Å². The van der Waals surface area contributed by atoms with E-state index < -0.39 is 0 Å². The molecule has 1 aliphatic heterocycles. The Kier molecular flexibility index (Phi) is 7.28. The molecule has 0 saturated carbocycles. The van der Waals surface area contributed by atoms with Crippen LogP contribution in [0.5, 0.6) is 0 Å². The molecule has 0 aromatic heterocycles. The molecule has 144 valence electrons. The van der Waals surface area contributed by atoms with E-state index in [4.69, 9.17) is 0 Å². The number of nitrogens with one attached hydrogen (secondary N) is 1. The second-order valence-corrected chi connectivity index (χ2v) is 7.36. The molecule has 1 aliphatic rings. The van der Waals surface area contributed by atoms with Crippen molar-refractivity contribution >= 4 is 11.6 Å². The molecule has 0 bridgehead atoms. The summed E-state index contributed by atoms with van der Waals surface area (Å²) in [7, 11) is 2.16. The lowest BCUT2D eigenvalue weighted by molar-refractivity contribution is -0.121. The Hall–Kier alpha value is -2.33. The molecule has 4 heteroatoms. The van der Waals surface area contributed by atoms with Gasteiger partial charge in [0.05, 0.1) is 0 Å². The zero-order chi connectivity index (χ0) is 18.9. The fraction of sp³-hybridized carbons (Fsp3) is 0.435. The predicted octanol–water partition coefficient (Wildman–Crippen LogP) is 3.47. The fourth-order valence-electron chi connectivity index (χ4n) is 3.65. The lowest BCUT2D eigenvalue weighted by Gasteiger charge is -2.25. The number of likely N-dealkylation sites (tertiary alicyclic amines) is 1. The number of rotatable bonds is 9. The van der Waals surface area contributed by atoms with Crippen molar-refractivity contribution < 1.29 is 4.79 Å². The minimum Gasteiger partial charge on any atom is -0.373 e. The number of anilines is 1. The molecular weight excluding hydrogens is 334 g/mol. The van der Waals surface area contributed by atoms with Crippen molar-refractivity contribution in [2.45, 2.75) is 32.2 Å². The number of benzene rings is 2. The Morgan fingerprint density at radius 3 is 2.52 bits per heavy atom. The Bertz CT molecular complexity index is 711. The van der Waals surface area contributed by atoms with Crippen molar-refractivity contribution in [3.05, 3.63) is 65.7 Å². The van der Waals surface area contributed by atoms with Crippen LogP contribution in [0.1, 0.15) is 30.4 Å². The molecule has 4 nitrogen and oxygen atoms in total. The van der Waals surface area contributed by atoms with Crippen molar-refractivity contribution in [2.24, 2.45) is 0 Å². The summed E-state index contributed by atoms with van der Waals surface area (Å²) in [4.78, 5) is 17.1. The molecule has 1 fully saturated rings. The van der Waals surface area contributed by atoms with Gasteiger partial charge in [0.2, 0.25) is 5.91 Å². The first kappa shape index (κ1) is 19.4. The number of para-hydroxylation sites is 1. The van der Waals surface area contributed by atoms with Crippen LogP contribution in [0.25, 0.3) is 0 Å². The molecule has 0 spiro atoms. The van der Waals surface area contributed by atoms with Crippen LogP contribution in [0, 0.1) is 0 Å². The van der Waals surface area contributed by atoms with Crippen LogP contribution in [0.2, 0.25) is 0 Å². The number of aryl methyl sites for hydroxylation is 1. The van der Waals surface area contributed by atoms with Gasteiger partial charge >= 0.3 is 0 Å². The van der Waals surface area contributed by atoms with Gasteiger partial charge in [-0.05, 0) is 49.5 Å². The monoisotopic (exact) mass is 365 g/mol. The van der Waals surface area contributed by atoms with Crippen LogP contribution in [0.4, 0.5) is 5.69 Å². The number of hydrogen-bond acceptors (Lipinski definition) is 3. The minimum atomic E-state index is 0.105. The van der Waals surface area contributed by atoms with Crippen LogP contribution in [-0.4, -0.2) is 44.0 Å². The topological polar surface area (TPSA) is 35.6 Å². The molecule has 0 unspecified atom stereocenters. The Labute approximate surface area is 163 Å². The van der Waals surface area contributed by atoms with Gasteiger partial charge in [0.25, 0.3) is 0 Å². The maximum Gasteiger partial charge on any atom is 0.220 e. The van der Waals surface area contributed by atoms with Gasteiger partial charge in [-0.2, -0.15) is 0 Å². The SMILES string of the molecule is CN(CCN1CCCC1)c1ccccc1CCC(=O)NCc1ccccc1. The van der Waals surface area contributed by atoms with Gasteiger partial charge < -0.3 is 15.1 Å². The highest BCUT2D eigenvalue weighted by molar-refractivity contribution is 5.76. The second-order valence-electron chi connectivity index (χ2n) is 7.36. The summed E-state index contributed by atoms with van der Waals surface area (Å²) >= 11 is 0. The molecule has 1 amide bonds. The molecule has 2 aromatic rings. The van der Waals surface area contributed by atoms with Gasteiger partial charge in [-0.3, -0.25) is 4.79 Å². The third-order valence-corrected chi connectivity index (χ3v) is 5.31. The lowest BCUT2D eigenvalue weighted by Crippen LogP contribution is -2.32. The number of carbonyl (C=O) groups excluding carboxylic acids is 1. The average molecular weight is 366 g/mol. The van der Waals surface area contributed by atoms with E-state index in [0.29, 0.717) is 13.0 Å². The molecule has 1 saturated heterocycles. The standard InChI is InChI=1S/C23H31N3O/c1-25(17-18-26-15-7-8-16-26)22-12-6-5-11-21(22)13-14-23(27)24-19-20-9-3-2-4-10-20/h2-6,9-12H,7-8,13-19H2,1H3,(H,24,27). The molecule has 1 heterocycles. The van der Waals surface area contributed by atoms with Crippen molar-refractivity contribution in [2.75, 3.05) is 38.1 Å². The minimum absolute atomic E-state index is 0.105. The Balaban J connectivity index is 1.48. The van der Waals surface area contributed by atoms with E-state index in [1.807, 2.05) is 30.3 Å². The third-order valence-electron chi connectivity index (χ3n) is 5.31. The predicted molar refractivity (Wildman–Crippen MR) is 112 cm³/mol. The van der Waals surface area contributed by atoms with E-state index >= 15 is 0 Å². The highest BCUT2D eigenvalue weighted by atomic mass is 16.1. The molecule has 2 aromatic carbocycles. The van der Waals surface area contributed by atoms with Gasteiger partial charge in [0.1, 0.15) is 0 Å². The Morgan fingerprint density at radius 2 is 1.74 bits per heavy atom. The zero-order valence-corrected chi connectivity index (χ0v) is 16.4. The first-order chi connectivity index (χ1) is 13.2. The van der Waals surface area contributed by atoms with Crippen molar-refractivity contribution in [1.82, 2.24) is 10.2 Å². The Morgan fingerprint density at radius 1 is 1.04 bits per heavy atom. The molecular formula is C23H31N3O. The summed E-state index contributed by atoms with van der Waals surface area (Å²) in [6.07, 6.45) is 3.95. The number of nitrogens with zero attached hydrogens (tertiary/aromatic N) is 2. The van der Waals surface area contributed by atoms with Crippen LogP contribution >= 0.6 is 0 Å². The number of likely N-dealkylation sites (N-methyl/N-ethyl adjacent to an activating group) is 1. The van der Waals surface area contributed by atoms with Gasteiger partial charge in [0.15, 0.2) is 0 Å². The van der Waals surface area contributed by atoms with Crippen molar-refractivity contribution in [3.63, 3.8) is 0 Å². The maximum atomic E-state index is 12.2. The molecule has 0 atom stereocenters. The smallest absolute Gasteiger partial charge is 0.220 e. The first-order valence-electron chi connectivity index (χ1n) is 10.0. The van der Waals surface area contributed by atoms with Crippen molar-refractivity contribution in [3.8, 4) is 0 Å². The molecule has 0 aliphatic carbocycles. The molecule has 27 heavy (non-hydrogen) atoms. The summed E-state index contributed by atoms with van der Waals surface area (Å²) in [5, 5.41) is 3.02. The van der Waals surface area contributed by atoms with Crippen molar-refractivity contribution in [1.29, 1.82) is 0 Å². The average Bonchev–Trinajstić information content (AvgIpc) is 3.23. The van der Waals surface area contributed by atoms with E-state index in [2.05, 4.69) is 46.4 Å². The highest BCUT2D eigenvalue weighted by Crippen LogP contribution is 2.21. The maximum absolute atomic E-state index is 12.2. The zero-order valence-electron chi connectivity index (χ0n) is 16.4. The van der Waals surface area contributed by atoms with E-state index in [1.54, 1.807) is 0 Å². The quantitative estimate of drug-likeness (QED) is 0.739. The largest absolute Gasteiger partial charge is 0.373 e. The van der Waals surface area contributed by atoms with Gasteiger partial charge in [-0.15, -0.1) is 0 Å². The van der Waals surface area contributed by atoms with E-state index in [1.165, 1.54) is 37.2 Å². The van der Waals surface area contributed by atoms with Crippen LogP contribution in [0.3, 0.4) is 0 Å². The number of carbonyl (C=O) groups is 1. The van der Waals surface area contributed by atoms with E-state index in [-0.39, 0.29) is 5.91 Å². The summed E-state index contributed by atoms with van der Waals surface area (Å²) < 4.78 is 0. The van der Waals surface area contributed by atoms with Gasteiger partial charge in [-0.1, -0.05) is 48.5 Å². The number of hydrogen-bond donors (Lipinski definition) is 1. The highest BCUT2D eigenvalue weighted by Gasteiger charge is 2.13. The van der Waals surface area contributed by atoms with Crippen LogP contribution in [0.15, 0.2) is 54.6 Å². The fourth-order valence-corrected chi connectivity index (χ4v) is 3.65. The second kappa shape index (κ2) is 10.1. The molecule has 3 rings (SSSR count). The van der Waals surface area contributed by atoms with Gasteiger partial charge in [-0.25, -0.2) is 0 Å². The number of amides is 1. The third kappa shape index (κ3) is 6.10. The summed E-state index contributed by atoms with van der Waals surface area (Å²) in [5.74, 6) is 0.105. The first-order valence-corrected chi connectivity index (χ1v) is 10.0.